The minimum Gasteiger partial charge on any atom is -0.457 e. The van der Waals surface area contributed by atoms with Crippen molar-refractivity contribution in [2.45, 2.75) is 51.6 Å². The zero-order chi connectivity index (χ0) is 33.5. The molecule has 9 heteroatoms. The van der Waals surface area contributed by atoms with E-state index in [0.717, 1.165) is 94.7 Å². The van der Waals surface area contributed by atoms with E-state index in [0.29, 0.717) is 0 Å². The topological polar surface area (TPSA) is 70.7 Å². The van der Waals surface area contributed by atoms with Crippen LogP contribution in [0, 0.1) is 3.57 Å². The zero-order valence-electron chi connectivity index (χ0n) is 27.9. The second kappa shape index (κ2) is 19.9. The summed E-state index contributed by atoms with van der Waals surface area (Å²) in [7, 11) is 1.94. The summed E-state index contributed by atoms with van der Waals surface area (Å²) < 4.78 is 35.3. The van der Waals surface area contributed by atoms with Crippen molar-refractivity contribution in [1.29, 1.82) is 0 Å². The molecule has 3 heterocycles. The van der Waals surface area contributed by atoms with E-state index in [1.165, 1.54) is 9.26 Å². The van der Waals surface area contributed by atoms with Gasteiger partial charge in [0.1, 0.15) is 23.0 Å². The lowest BCUT2D eigenvalue weighted by atomic mass is 10.0. The van der Waals surface area contributed by atoms with Crippen LogP contribution in [-0.4, -0.2) is 64.7 Å². The average Bonchev–Trinajstić information content (AvgIpc) is 3.81. The Morgan fingerprint density at radius 2 is 1.10 bits per heavy atom. The highest BCUT2D eigenvalue weighted by atomic mass is 127. The summed E-state index contributed by atoms with van der Waals surface area (Å²) in [5.74, 6) is 2.87. The molecule has 0 bridgehead atoms. The molecule has 3 saturated heterocycles. The fourth-order valence-electron chi connectivity index (χ4n) is 5.71. The highest BCUT2D eigenvalue weighted by Gasteiger charge is 2.39. The maximum atomic E-state index is 5.84. The SMILES string of the molecule is C.CCC1(CCNC)OCCO1.Ic1ccc(Oc2ccccc2)cc1.c1ccc(Oc2ccc(N3CCC4(CC3)OCCO4)cc2)cc1. The van der Waals surface area contributed by atoms with Gasteiger partial charge in [-0.15, -0.1) is 0 Å². The molecule has 0 saturated carbocycles. The van der Waals surface area contributed by atoms with Gasteiger partial charge in [-0.2, -0.15) is 0 Å². The number of piperidine rings is 1. The zero-order valence-corrected chi connectivity index (χ0v) is 30.1. The predicted octanol–water partition coefficient (Wildman–Crippen LogP) is 9.29. The number of ether oxygens (including phenoxy) is 6. The largest absolute Gasteiger partial charge is 0.457 e. The molecule has 3 aliphatic heterocycles. The summed E-state index contributed by atoms with van der Waals surface area (Å²) in [4.78, 5) is 2.38. The van der Waals surface area contributed by atoms with Crippen LogP contribution in [0.25, 0.3) is 0 Å². The van der Waals surface area contributed by atoms with Crippen LogP contribution in [0.1, 0.15) is 40.0 Å². The first-order valence-corrected chi connectivity index (χ1v) is 17.9. The molecule has 8 nitrogen and oxygen atoms in total. The maximum Gasteiger partial charge on any atom is 0.171 e. The number of halogens is 1. The minimum atomic E-state index is -0.313. The molecule has 49 heavy (non-hydrogen) atoms. The Labute approximate surface area is 306 Å². The Bertz CT molecular complexity index is 1450. The Kier molecular flexibility index (Phi) is 15.6. The highest BCUT2D eigenvalue weighted by molar-refractivity contribution is 14.1. The molecule has 0 radical (unpaired) electrons. The van der Waals surface area contributed by atoms with Crippen LogP contribution in [0.4, 0.5) is 5.69 Å². The van der Waals surface area contributed by atoms with Crippen LogP contribution in [-0.2, 0) is 18.9 Å². The van der Waals surface area contributed by atoms with Gasteiger partial charge in [-0.05, 0) is 115 Å². The number of nitrogens with one attached hydrogen (secondary N) is 1. The fraction of sp³-hybridized carbons (Fsp3) is 0.400. The molecule has 264 valence electrons. The van der Waals surface area contributed by atoms with Crippen molar-refractivity contribution in [3.63, 3.8) is 0 Å². The Morgan fingerprint density at radius 1 is 0.653 bits per heavy atom. The van der Waals surface area contributed by atoms with Gasteiger partial charge in [0.05, 0.1) is 26.4 Å². The maximum absolute atomic E-state index is 5.84. The summed E-state index contributed by atoms with van der Waals surface area (Å²) in [6, 6.07) is 35.9. The van der Waals surface area contributed by atoms with Gasteiger partial charge in [0.15, 0.2) is 11.6 Å². The van der Waals surface area contributed by atoms with Gasteiger partial charge in [-0.3, -0.25) is 0 Å². The quantitative estimate of drug-likeness (QED) is 0.169. The van der Waals surface area contributed by atoms with Crippen molar-refractivity contribution in [2.24, 2.45) is 0 Å². The van der Waals surface area contributed by atoms with Crippen molar-refractivity contribution in [3.8, 4) is 23.0 Å². The molecule has 0 amide bonds. The van der Waals surface area contributed by atoms with E-state index < -0.39 is 0 Å². The van der Waals surface area contributed by atoms with Crippen molar-refractivity contribution >= 4 is 28.3 Å². The lowest BCUT2D eigenvalue weighted by molar-refractivity contribution is -0.169. The van der Waals surface area contributed by atoms with Crippen molar-refractivity contribution in [1.82, 2.24) is 5.32 Å². The van der Waals surface area contributed by atoms with Crippen molar-refractivity contribution in [3.05, 3.63) is 113 Å². The van der Waals surface area contributed by atoms with E-state index in [9.17, 15) is 0 Å². The third-order valence-electron chi connectivity index (χ3n) is 8.42. The molecule has 4 aromatic rings. The van der Waals surface area contributed by atoms with Gasteiger partial charge >= 0.3 is 0 Å². The van der Waals surface area contributed by atoms with Gasteiger partial charge < -0.3 is 38.6 Å². The standard InChI is InChI=1S/C19H21NO3.C12H9IO.C8H17NO2.CH4/c1-2-4-17(5-3-1)23-18-8-6-16(7-9-18)20-12-10-19(11-13-20)21-14-15-22-19;13-10-6-8-12(9-7-10)14-11-4-2-1-3-5-11;1-3-8(4-5-9-2)10-6-7-11-8;/h1-9H,10-15H2;1-9H;9H,3-7H2,1-2H3;1H4. The molecule has 1 spiro atoms. The first kappa shape index (κ1) is 38.6. The van der Waals surface area contributed by atoms with Crippen LogP contribution in [0.3, 0.4) is 0 Å². The number of rotatable bonds is 9. The summed E-state index contributed by atoms with van der Waals surface area (Å²) >= 11 is 2.27. The molecule has 0 atom stereocenters. The molecular weight excluding hydrogens is 731 g/mol. The van der Waals surface area contributed by atoms with Crippen molar-refractivity contribution in [2.75, 3.05) is 58.0 Å². The second-order valence-corrected chi connectivity index (χ2v) is 12.9. The van der Waals surface area contributed by atoms with Gasteiger partial charge in [-0.25, -0.2) is 0 Å². The smallest absolute Gasteiger partial charge is 0.171 e. The molecule has 1 N–H and O–H groups in total. The Hall–Kier alpha value is -3.19. The summed E-state index contributed by atoms with van der Waals surface area (Å²) in [6.07, 6.45) is 3.74. The third kappa shape index (κ3) is 12.0. The van der Waals surface area contributed by atoms with Gasteiger partial charge in [0.2, 0.25) is 0 Å². The number of para-hydroxylation sites is 2. The summed E-state index contributed by atoms with van der Waals surface area (Å²) in [5.41, 5.74) is 1.22. The Morgan fingerprint density at radius 3 is 1.57 bits per heavy atom. The molecule has 0 unspecified atom stereocenters. The highest BCUT2D eigenvalue weighted by Crippen LogP contribution is 2.34. The van der Waals surface area contributed by atoms with E-state index in [2.05, 4.69) is 51.9 Å². The summed E-state index contributed by atoms with van der Waals surface area (Å²) in [5, 5.41) is 3.09. The van der Waals surface area contributed by atoms with Gasteiger partial charge in [0.25, 0.3) is 0 Å². The van der Waals surface area contributed by atoms with E-state index in [1.54, 1.807) is 0 Å². The van der Waals surface area contributed by atoms with E-state index in [1.807, 2.05) is 104 Å². The van der Waals surface area contributed by atoms with Gasteiger partial charge in [0, 0.05) is 41.6 Å². The molecule has 0 aromatic heterocycles. The average molecular weight is 783 g/mol. The van der Waals surface area contributed by atoms with Crippen LogP contribution in [0.5, 0.6) is 23.0 Å². The molecule has 0 aliphatic carbocycles. The second-order valence-electron chi connectivity index (χ2n) is 11.7. The Balaban J connectivity index is 0.000000179. The number of hydrogen-bond acceptors (Lipinski definition) is 8. The third-order valence-corrected chi connectivity index (χ3v) is 9.14. The lowest BCUT2D eigenvalue weighted by Gasteiger charge is -2.38. The van der Waals surface area contributed by atoms with Crippen LogP contribution < -0.4 is 19.7 Å². The number of nitrogens with zero attached hydrogens (tertiary/aromatic N) is 1. The molecule has 3 fully saturated rings. The van der Waals surface area contributed by atoms with E-state index >= 15 is 0 Å². The van der Waals surface area contributed by atoms with Crippen molar-refractivity contribution < 1.29 is 28.4 Å². The molecule has 7 rings (SSSR count). The van der Waals surface area contributed by atoms with Crippen LogP contribution in [0.2, 0.25) is 0 Å². The van der Waals surface area contributed by atoms with Gasteiger partial charge in [-0.1, -0.05) is 50.7 Å². The molecule has 4 aromatic carbocycles. The van der Waals surface area contributed by atoms with Crippen LogP contribution in [0.15, 0.2) is 109 Å². The first-order chi connectivity index (χ1) is 23.5. The summed E-state index contributed by atoms with van der Waals surface area (Å²) in [6.45, 7) is 7.92. The monoisotopic (exact) mass is 782 g/mol. The molecule has 3 aliphatic rings. The van der Waals surface area contributed by atoms with E-state index in [4.69, 9.17) is 28.4 Å². The first-order valence-electron chi connectivity index (χ1n) is 16.8. The number of anilines is 1. The van der Waals surface area contributed by atoms with E-state index in [-0.39, 0.29) is 19.0 Å². The number of hydrogen-bond donors (Lipinski definition) is 1. The normalized spacial score (nSPS) is 17.2. The fourth-order valence-corrected chi connectivity index (χ4v) is 6.07. The molecular formula is C40H51IN2O6. The predicted molar refractivity (Wildman–Crippen MR) is 205 cm³/mol. The minimum absolute atomic E-state index is 0. The number of benzene rings is 4. The van der Waals surface area contributed by atoms with Crippen LogP contribution >= 0.6 is 22.6 Å². The lowest BCUT2D eigenvalue weighted by Crippen LogP contribution is -2.45.